The van der Waals surface area contributed by atoms with Crippen LogP contribution in [0.5, 0.6) is 5.75 Å². The highest BCUT2D eigenvalue weighted by Crippen LogP contribution is 2.28. The topological polar surface area (TPSA) is 63.6 Å². The van der Waals surface area contributed by atoms with Gasteiger partial charge in [0.25, 0.3) is 0 Å². The maximum atomic E-state index is 12.4. The van der Waals surface area contributed by atoms with Crippen molar-refractivity contribution >= 4 is 11.9 Å². The van der Waals surface area contributed by atoms with Crippen LogP contribution in [0.4, 0.5) is 0 Å². The molecule has 0 aliphatic carbocycles. The fraction of sp³-hybridized carbons (Fsp3) is 0.655. The Morgan fingerprint density at radius 2 is 1.30 bits per heavy atom. The summed E-state index contributed by atoms with van der Waals surface area (Å²) in [5, 5.41) is 8.94. The number of aliphatic carboxylic acids is 1. The first-order chi connectivity index (χ1) is 16.0. The highest BCUT2D eigenvalue weighted by molar-refractivity contribution is 5.94. The summed E-state index contributed by atoms with van der Waals surface area (Å²) in [7, 11) is 0. The highest BCUT2D eigenvalue weighted by Gasteiger charge is 2.17. The Balaban J connectivity index is 2.73. The van der Waals surface area contributed by atoms with Crippen LogP contribution in [0.25, 0.3) is 0 Å². The molecule has 4 heteroatoms. The van der Waals surface area contributed by atoms with E-state index in [1.165, 1.54) is 82.6 Å². The Bertz CT molecular complexity index is 708. The molecule has 0 unspecified atom stereocenters. The Hall–Kier alpha value is -2.10. The van der Waals surface area contributed by atoms with Crippen LogP contribution in [0.1, 0.15) is 121 Å². The number of hydrogen-bond acceptors (Lipinski definition) is 3. The lowest BCUT2D eigenvalue weighted by Crippen LogP contribution is -2.15. The number of aryl methyl sites for hydroxylation is 1. The second-order valence-corrected chi connectivity index (χ2v) is 9.20. The fourth-order valence-electron chi connectivity index (χ4n) is 4.18. The van der Waals surface area contributed by atoms with E-state index in [0.29, 0.717) is 5.75 Å². The first-order valence-electron chi connectivity index (χ1n) is 13.2. The summed E-state index contributed by atoms with van der Waals surface area (Å²) in [6, 6.07) is 5.92. The molecule has 0 heterocycles. The van der Waals surface area contributed by atoms with E-state index in [9.17, 15) is 9.59 Å². The van der Waals surface area contributed by atoms with Crippen LogP contribution in [0.2, 0.25) is 0 Å². The fourth-order valence-corrected chi connectivity index (χ4v) is 4.18. The Kier molecular flexibility index (Phi) is 16.1. The molecule has 0 aliphatic heterocycles. The molecule has 1 aromatic carbocycles. The zero-order valence-corrected chi connectivity index (χ0v) is 21.1. The van der Waals surface area contributed by atoms with Gasteiger partial charge >= 0.3 is 11.9 Å². The van der Waals surface area contributed by atoms with Crippen LogP contribution in [0.3, 0.4) is 0 Å². The van der Waals surface area contributed by atoms with E-state index in [1.54, 1.807) is 0 Å². The molecule has 0 spiro atoms. The molecule has 0 bridgehead atoms. The first kappa shape index (κ1) is 28.9. The van der Waals surface area contributed by atoms with Crippen LogP contribution in [-0.2, 0) is 22.4 Å². The number of carboxylic acid groups (broad SMARTS) is 1. The third-order valence-electron chi connectivity index (χ3n) is 6.17. The molecule has 0 fully saturated rings. The monoisotopic (exact) mass is 458 g/mol. The van der Waals surface area contributed by atoms with Crippen molar-refractivity contribution in [2.24, 2.45) is 0 Å². The molecule has 0 saturated heterocycles. The van der Waals surface area contributed by atoms with Crippen molar-refractivity contribution in [2.45, 2.75) is 123 Å². The number of rotatable bonds is 20. The number of hydrogen-bond donors (Lipinski definition) is 1. The number of carbonyl (C=O) groups excluding carboxylic acids is 1. The summed E-state index contributed by atoms with van der Waals surface area (Å²) in [5.74, 6) is -1.16. The minimum atomic E-state index is -1.08. The molecule has 0 radical (unpaired) electrons. The van der Waals surface area contributed by atoms with E-state index >= 15 is 0 Å². The number of carbonyl (C=O) groups is 2. The second-order valence-electron chi connectivity index (χ2n) is 9.20. The molecule has 33 heavy (non-hydrogen) atoms. The quantitative estimate of drug-likeness (QED) is 0.0925. The summed E-state index contributed by atoms with van der Waals surface area (Å²) in [5.41, 5.74) is 2.33. The van der Waals surface area contributed by atoms with E-state index < -0.39 is 18.4 Å². The van der Waals surface area contributed by atoms with Crippen LogP contribution < -0.4 is 4.74 Å². The van der Waals surface area contributed by atoms with Gasteiger partial charge in [-0.15, -0.1) is 0 Å². The lowest BCUT2D eigenvalue weighted by molar-refractivity contribution is -0.138. The first-order valence-corrected chi connectivity index (χ1v) is 13.2. The van der Waals surface area contributed by atoms with Gasteiger partial charge in [0.05, 0.1) is 6.42 Å². The van der Waals surface area contributed by atoms with E-state index in [0.717, 1.165) is 31.2 Å². The average molecular weight is 459 g/mol. The predicted octanol–water partition coefficient (Wildman–Crippen LogP) is 8.21. The van der Waals surface area contributed by atoms with Gasteiger partial charge in [-0.1, -0.05) is 110 Å². The zero-order valence-electron chi connectivity index (χ0n) is 21.1. The normalized spacial score (nSPS) is 10.8. The largest absolute Gasteiger partial charge is 0.481 e. The number of carboxylic acids is 1. The van der Waals surface area contributed by atoms with Crippen molar-refractivity contribution in [1.29, 1.82) is 0 Å². The maximum Gasteiger partial charge on any atom is 0.339 e. The molecule has 0 amide bonds. The number of ether oxygens (including phenoxy) is 1. The van der Waals surface area contributed by atoms with Crippen molar-refractivity contribution in [1.82, 2.24) is 0 Å². The highest BCUT2D eigenvalue weighted by atomic mass is 16.5. The number of benzene rings is 1. The molecule has 1 N–H and O–H groups in total. The molecular formula is C29H46O4. The minimum Gasteiger partial charge on any atom is -0.481 e. The standard InChI is InChI=1S/C29H46O4/c1-4-6-8-10-12-14-16-19-25-20-18-22-27(33-29(32)24(3)23-28(30)31)26(25)21-17-15-13-11-9-7-5-2/h18,20,22H,3-17,19,21,23H2,1-2H3,(H,30,31). The third kappa shape index (κ3) is 13.3. The molecule has 0 aliphatic rings. The molecule has 1 aromatic rings. The lowest BCUT2D eigenvalue weighted by Gasteiger charge is -2.15. The van der Waals surface area contributed by atoms with Gasteiger partial charge in [-0.2, -0.15) is 0 Å². The van der Waals surface area contributed by atoms with Gasteiger partial charge in [0.1, 0.15) is 5.75 Å². The summed E-state index contributed by atoms with van der Waals surface area (Å²) in [6.07, 6.45) is 19.0. The van der Waals surface area contributed by atoms with Crippen molar-refractivity contribution in [2.75, 3.05) is 0 Å². The lowest BCUT2D eigenvalue weighted by atomic mass is 9.95. The van der Waals surface area contributed by atoms with E-state index in [2.05, 4.69) is 26.5 Å². The van der Waals surface area contributed by atoms with Crippen LogP contribution in [0, 0.1) is 0 Å². The Labute approximate surface area is 201 Å². The summed E-state index contributed by atoms with van der Waals surface area (Å²) in [4.78, 5) is 23.3. The molecule has 4 nitrogen and oxygen atoms in total. The Morgan fingerprint density at radius 1 is 0.788 bits per heavy atom. The molecule has 186 valence electrons. The molecule has 0 saturated carbocycles. The second kappa shape index (κ2) is 18.3. The summed E-state index contributed by atoms with van der Waals surface area (Å²) >= 11 is 0. The van der Waals surface area contributed by atoms with Crippen LogP contribution in [0.15, 0.2) is 30.4 Å². The van der Waals surface area contributed by atoms with Crippen molar-refractivity contribution in [3.63, 3.8) is 0 Å². The zero-order chi connectivity index (χ0) is 24.3. The number of unbranched alkanes of at least 4 members (excludes halogenated alkanes) is 12. The Morgan fingerprint density at radius 3 is 1.85 bits per heavy atom. The minimum absolute atomic E-state index is 0.0261. The van der Waals surface area contributed by atoms with Crippen molar-refractivity contribution < 1.29 is 19.4 Å². The third-order valence-corrected chi connectivity index (χ3v) is 6.17. The van der Waals surface area contributed by atoms with E-state index in [1.807, 2.05) is 12.1 Å². The SMILES string of the molecule is C=C(CC(=O)O)C(=O)Oc1cccc(CCCCCCCCC)c1CCCCCCCCC. The molecule has 0 aromatic heterocycles. The van der Waals surface area contributed by atoms with Crippen LogP contribution >= 0.6 is 0 Å². The summed E-state index contributed by atoms with van der Waals surface area (Å²) in [6.45, 7) is 8.06. The smallest absolute Gasteiger partial charge is 0.339 e. The summed E-state index contributed by atoms with van der Waals surface area (Å²) < 4.78 is 5.63. The van der Waals surface area contributed by atoms with E-state index in [4.69, 9.17) is 9.84 Å². The van der Waals surface area contributed by atoms with Gasteiger partial charge in [-0.3, -0.25) is 4.79 Å². The van der Waals surface area contributed by atoms with Gasteiger partial charge in [-0.25, -0.2) is 4.79 Å². The van der Waals surface area contributed by atoms with Crippen LogP contribution in [-0.4, -0.2) is 17.0 Å². The maximum absolute atomic E-state index is 12.4. The van der Waals surface area contributed by atoms with Gasteiger partial charge in [0.15, 0.2) is 0 Å². The average Bonchev–Trinajstić information content (AvgIpc) is 2.78. The van der Waals surface area contributed by atoms with Gasteiger partial charge < -0.3 is 9.84 Å². The van der Waals surface area contributed by atoms with Crippen molar-refractivity contribution in [3.8, 4) is 5.75 Å². The van der Waals surface area contributed by atoms with Gasteiger partial charge in [-0.05, 0) is 42.9 Å². The molecule has 1 rings (SSSR count). The van der Waals surface area contributed by atoms with Gasteiger partial charge in [0, 0.05) is 5.57 Å². The van der Waals surface area contributed by atoms with Crippen molar-refractivity contribution in [3.05, 3.63) is 41.5 Å². The molecular weight excluding hydrogens is 412 g/mol. The number of esters is 1. The van der Waals surface area contributed by atoms with E-state index in [-0.39, 0.29) is 5.57 Å². The predicted molar refractivity (Wildman–Crippen MR) is 137 cm³/mol. The van der Waals surface area contributed by atoms with Gasteiger partial charge in [0.2, 0.25) is 0 Å². The molecule has 0 atom stereocenters.